The van der Waals surface area contributed by atoms with E-state index in [4.69, 9.17) is 9.72 Å². The van der Waals surface area contributed by atoms with Crippen LogP contribution < -0.4 is 9.64 Å². The van der Waals surface area contributed by atoms with Crippen molar-refractivity contribution < 1.29 is 9.53 Å². The first-order chi connectivity index (χ1) is 16.6. The van der Waals surface area contributed by atoms with Gasteiger partial charge in [-0.1, -0.05) is 41.7 Å². The molecule has 8 heteroatoms. The predicted octanol–water partition coefficient (Wildman–Crippen LogP) is 5.35. The third-order valence-electron chi connectivity index (χ3n) is 5.69. The molecule has 170 valence electrons. The molecule has 0 N–H and O–H groups in total. The average molecular weight is 470 g/mol. The number of methoxy groups -OCH3 is 1. The Bertz CT molecular complexity index is 1460. The zero-order valence-electron chi connectivity index (χ0n) is 19.1. The molecule has 34 heavy (non-hydrogen) atoms. The number of amides is 1. The molecule has 1 amide bonds. The van der Waals surface area contributed by atoms with Gasteiger partial charge in [-0.25, -0.2) is 9.67 Å². The molecule has 5 rings (SSSR count). The second-order valence-electron chi connectivity index (χ2n) is 7.90. The molecule has 0 radical (unpaired) electrons. The van der Waals surface area contributed by atoms with Crippen LogP contribution in [0, 0.1) is 13.8 Å². The number of aryl methyl sites for hydroxylation is 1. The van der Waals surface area contributed by atoms with E-state index in [0.717, 1.165) is 32.7 Å². The molecule has 0 saturated carbocycles. The van der Waals surface area contributed by atoms with Crippen LogP contribution >= 0.6 is 11.3 Å². The lowest BCUT2D eigenvalue weighted by molar-refractivity contribution is 0.0984. The summed E-state index contributed by atoms with van der Waals surface area (Å²) in [5, 5.41) is 5.09. The van der Waals surface area contributed by atoms with Gasteiger partial charge in [0.05, 0.1) is 41.5 Å². The lowest BCUT2D eigenvalue weighted by atomic mass is 10.2. The highest BCUT2D eigenvalue weighted by atomic mass is 32.1. The Balaban J connectivity index is 1.60. The van der Waals surface area contributed by atoms with Crippen LogP contribution in [0.4, 0.5) is 5.13 Å². The van der Waals surface area contributed by atoms with Gasteiger partial charge in [0.25, 0.3) is 5.91 Å². The largest absolute Gasteiger partial charge is 0.494 e. The fourth-order valence-electron chi connectivity index (χ4n) is 3.87. The number of benzene rings is 2. The SMILES string of the molecule is COc1ccc(C)c2sc(N(Cc3cccnc3)C(=O)c3cnn(-c4ccccc4)c3C)nc12. The summed E-state index contributed by atoms with van der Waals surface area (Å²) < 4.78 is 8.30. The van der Waals surface area contributed by atoms with E-state index in [9.17, 15) is 4.79 Å². The maximum Gasteiger partial charge on any atom is 0.263 e. The summed E-state index contributed by atoms with van der Waals surface area (Å²) in [6.45, 7) is 4.27. The molecule has 5 aromatic rings. The minimum atomic E-state index is -0.167. The second-order valence-corrected chi connectivity index (χ2v) is 8.88. The smallest absolute Gasteiger partial charge is 0.263 e. The fourth-order valence-corrected chi connectivity index (χ4v) is 4.92. The average Bonchev–Trinajstić information content (AvgIpc) is 3.48. The lowest BCUT2D eigenvalue weighted by Crippen LogP contribution is -2.30. The van der Waals surface area contributed by atoms with Gasteiger partial charge in [0.1, 0.15) is 11.3 Å². The molecule has 0 spiro atoms. The van der Waals surface area contributed by atoms with Crippen molar-refractivity contribution in [1.29, 1.82) is 0 Å². The molecule has 3 heterocycles. The summed E-state index contributed by atoms with van der Waals surface area (Å²) in [7, 11) is 1.63. The minimum Gasteiger partial charge on any atom is -0.494 e. The Morgan fingerprint density at radius 1 is 1.06 bits per heavy atom. The Hall–Kier alpha value is -4.04. The molecule has 0 aliphatic carbocycles. The number of aromatic nitrogens is 4. The van der Waals surface area contributed by atoms with Crippen molar-refractivity contribution in [2.75, 3.05) is 12.0 Å². The maximum absolute atomic E-state index is 13.9. The number of para-hydroxylation sites is 1. The summed E-state index contributed by atoms with van der Waals surface area (Å²) in [5.74, 6) is 0.518. The highest BCUT2D eigenvalue weighted by molar-refractivity contribution is 7.22. The van der Waals surface area contributed by atoms with Crippen LogP contribution in [0.25, 0.3) is 15.9 Å². The minimum absolute atomic E-state index is 0.167. The van der Waals surface area contributed by atoms with E-state index >= 15 is 0 Å². The van der Waals surface area contributed by atoms with Gasteiger partial charge in [-0.15, -0.1) is 0 Å². The topological polar surface area (TPSA) is 73.1 Å². The first-order valence-corrected chi connectivity index (χ1v) is 11.6. The third-order valence-corrected chi connectivity index (χ3v) is 6.91. The Morgan fingerprint density at radius 3 is 2.62 bits per heavy atom. The zero-order chi connectivity index (χ0) is 23.7. The van der Waals surface area contributed by atoms with Gasteiger partial charge >= 0.3 is 0 Å². The fraction of sp³-hybridized carbons (Fsp3) is 0.154. The zero-order valence-corrected chi connectivity index (χ0v) is 19.9. The van der Waals surface area contributed by atoms with Crippen LogP contribution in [0.5, 0.6) is 5.75 Å². The van der Waals surface area contributed by atoms with Crippen molar-refractivity contribution >= 4 is 32.6 Å². The molecule has 3 aromatic heterocycles. The van der Waals surface area contributed by atoms with E-state index in [2.05, 4.69) is 10.1 Å². The molecular formula is C26H23N5O2S. The number of anilines is 1. The van der Waals surface area contributed by atoms with Crippen molar-refractivity contribution in [3.63, 3.8) is 0 Å². The van der Waals surface area contributed by atoms with E-state index < -0.39 is 0 Å². The van der Waals surface area contributed by atoms with E-state index in [1.165, 1.54) is 11.3 Å². The molecule has 7 nitrogen and oxygen atoms in total. The molecule has 0 atom stereocenters. The number of carbonyl (C=O) groups excluding carboxylic acids is 1. The Kier molecular flexibility index (Phi) is 5.81. The Morgan fingerprint density at radius 2 is 1.88 bits per heavy atom. The number of rotatable bonds is 6. The van der Waals surface area contributed by atoms with Crippen LogP contribution in [-0.2, 0) is 6.54 Å². The van der Waals surface area contributed by atoms with Gasteiger partial charge in [0, 0.05) is 12.4 Å². The van der Waals surface area contributed by atoms with Crippen LogP contribution in [0.15, 0.2) is 73.2 Å². The van der Waals surface area contributed by atoms with E-state index in [1.54, 1.807) is 35.3 Å². The number of hydrogen-bond donors (Lipinski definition) is 0. The van der Waals surface area contributed by atoms with E-state index in [-0.39, 0.29) is 5.91 Å². The number of thiazole rings is 1. The third kappa shape index (κ3) is 3.92. The molecule has 0 aliphatic rings. The number of nitrogens with zero attached hydrogens (tertiary/aromatic N) is 5. The van der Waals surface area contributed by atoms with Crippen molar-refractivity contribution in [3.8, 4) is 11.4 Å². The van der Waals surface area contributed by atoms with Gasteiger partial charge in [-0.3, -0.25) is 14.7 Å². The van der Waals surface area contributed by atoms with Gasteiger partial charge in [0.2, 0.25) is 0 Å². The van der Waals surface area contributed by atoms with Gasteiger partial charge in [-0.2, -0.15) is 5.10 Å². The van der Waals surface area contributed by atoms with Gasteiger partial charge < -0.3 is 4.74 Å². The highest BCUT2D eigenvalue weighted by Gasteiger charge is 2.26. The first kappa shape index (κ1) is 21.8. The monoisotopic (exact) mass is 469 g/mol. The highest BCUT2D eigenvalue weighted by Crippen LogP contribution is 2.37. The van der Waals surface area contributed by atoms with Gasteiger partial charge in [-0.05, 0) is 49.2 Å². The quantitative estimate of drug-likeness (QED) is 0.335. The second kappa shape index (κ2) is 9.07. The van der Waals surface area contributed by atoms with Crippen LogP contribution in [-0.4, -0.2) is 32.8 Å². The summed E-state index contributed by atoms with van der Waals surface area (Å²) in [5.41, 5.74) is 4.94. The van der Waals surface area contributed by atoms with Crippen molar-refractivity contribution in [2.24, 2.45) is 0 Å². The van der Waals surface area contributed by atoms with Crippen LogP contribution in [0.2, 0.25) is 0 Å². The summed E-state index contributed by atoms with van der Waals surface area (Å²) >= 11 is 1.48. The van der Waals surface area contributed by atoms with Crippen molar-refractivity contribution in [3.05, 3.63) is 95.6 Å². The number of carbonyl (C=O) groups is 1. The summed E-state index contributed by atoms with van der Waals surface area (Å²) in [6, 6.07) is 17.5. The standard InChI is InChI=1S/C26H23N5O2S/c1-17-11-12-22(33-3)23-24(17)34-26(29-23)30(16-19-8-7-13-27-14-19)25(32)21-15-28-31(18(21)2)20-9-5-4-6-10-20/h4-15H,16H2,1-3H3. The number of pyridine rings is 1. The van der Waals surface area contributed by atoms with Crippen LogP contribution in [0.1, 0.15) is 27.2 Å². The molecule has 2 aromatic carbocycles. The predicted molar refractivity (Wildman–Crippen MR) is 134 cm³/mol. The number of fused-ring (bicyclic) bond motifs is 1. The Labute approximate surface area is 201 Å². The molecule has 0 aliphatic heterocycles. The van der Waals surface area contributed by atoms with Crippen molar-refractivity contribution in [1.82, 2.24) is 19.7 Å². The maximum atomic E-state index is 13.9. The van der Waals surface area contributed by atoms with E-state index in [1.807, 2.05) is 68.4 Å². The normalized spacial score (nSPS) is 11.0. The summed E-state index contributed by atoms with van der Waals surface area (Å²) in [6.07, 6.45) is 5.11. The number of hydrogen-bond acceptors (Lipinski definition) is 6. The van der Waals surface area contributed by atoms with E-state index in [0.29, 0.717) is 23.0 Å². The molecule has 0 unspecified atom stereocenters. The molecular weight excluding hydrogens is 446 g/mol. The van der Waals surface area contributed by atoms with Crippen LogP contribution in [0.3, 0.4) is 0 Å². The number of ether oxygens (including phenoxy) is 1. The van der Waals surface area contributed by atoms with Crippen molar-refractivity contribution in [2.45, 2.75) is 20.4 Å². The molecule has 0 bridgehead atoms. The first-order valence-electron chi connectivity index (χ1n) is 10.8. The van der Waals surface area contributed by atoms with Gasteiger partial charge in [0.15, 0.2) is 5.13 Å². The summed E-state index contributed by atoms with van der Waals surface area (Å²) in [4.78, 5) is 24.7. The lowest BCUT2D eigenvalue weighted by Gasteiger charge is -2.20. The molecule has 0 fully saturated rings. The molecule has 0 saturated heterocycles.